The van der Waals surface area contributed by atoms with E-state index in [4.69, 9.17) is 8.76 Å². The molecule has 4 nitrogen and oxygen atoms in total. The molecule has 0 spiro atoms. The zero-order valence-corrected chi connectivity index (χ0v) is 7.07. The van der Waals surface area contributed by atoms with Crippen LogP contribution in [0.3, 0.4) is 0 Å². The van der Waals surface area contributed by atoms with Gasteiger partial charge in [-0.2, -0.15) is 0 Å². The van der Waals surface area contributed by atoms with Gasteiger partial charge in [0.15, 0.2) is 0 Å². The van der Waals surface area contributed by atoms with Crippen molar-refractivity contribution in [3.05, 3.63) is 0 Å². The lowest BCUT2D eigenvalue weighted by atomic mass is 11.0. The van der Waals surface area contributed by atoms with E-state index in [1.54, 1.807) is 0 Å². The molecule has 6 heteroatoms. The fourth-order valence-corrected chi connectivity index (χ4v) is 0.781. The SMILES string of the molecule is CS(=O)[O-].O=S([O-])C1CC1. The molecular formula is C4H8O4S2-2. The highest BCUT2D eigenvalue weighted by atomic mass is 32.2. The van der Waals surface area contributed by atoms with Crippen LogP contribution in [0.5, 0.6) is 0 Å². The van der Waals surface area contributed by atoms with Gasteiger partial charge in [-0.3, -0.25) is 8.42 Å². The lowest BCUT2D eigenvalue weighted by Gasteiger charge is -1.96. The van der Waals surface area contributed by atoms with Crippen molar-refractivity contribution in [2.24, 2.45) is 0 Å². The molecule has 2 unspecified atom stereocenters. The van der Waals surface area contributed by atoms with Gasteiger partial charge in [-0.05, 0) is 19.1 Å². The van der Waals surface area contributed by atoms with Crippen LogP contribution in [-0.2, 0) is 22.2 Å². The first-order valence-electron chi connectivity index (χ1n) is 2.63. The van der Waals surface area contributed by atoms with Crippen LogP contribution < -0.4 is 0 Å². The van der Waals surface area contributed by atoms with Gasteiger partial charge in [-0.1, -0.05) is 22.2 Å². The normalized spacial score (nSPS) is 22.3. The van der Waals surface area contributed by atoms with E-state index in [9.17, 15) is 8.76 Å². The van der Waals surface area contributed by atoms with Crippen LogP contribution in [0.1, 0.15) is 12.8 Å². The van der Waals surface area contributed by atoms with Crippen molar-refractivity contribution in [2.45, 2.75) is 18.1 Å². The van der Waals surface area contributed by atoms with Crippen molar-refractivity contribution in [1.82, 2.24) is 0 Å². The second-order valence-corrected chi connectivity index (χ2v) is 3.85. The summed E-state index contributed by atoms with van der Waals surface area (Å²) in [5, 5.41) is 0.0185. The zero-order valence-electron chi connectivity index (χ0n) is 5.44. The second kappa shape index (κ2) is 4.95. The summed E-state index contributed by atoms with van der Waals surface area (Å²) in [6, 6.07) is 0. The lowest BCUT2D eigenvalue weighted by Crippen LogP contribution is -1.91. The molecule has 0 N–H and O–H groups in total. The molecule has 0 aromatic rings. The molecule has 10 heavy (non-hydrogen) atoms. The van der Waals surface area contributed by atoms with E-state index < -0.39 is 22.2 Å². The van der Waals surface area contributed by atoms with Gasteiger partial charge < -0.3 is 9.11 Å². The molecule has 0 radical (unpaired) electrons. The Bertz CT molecular complexity index is 138. The summed E-state index contributed by atoms with van der Waals surface area (Å²) in [6.07, 6.45) is 2.85. The predicted molar refractivity (Wildman–Crippen MR) is 36.8 cm³/mol. The molecule has 0 aromatic heterocycles. The van der Waals surface area contributed by atoms with Crippen LogP contribution >= 0.6 is 0 Å². The van der Waals surface area contributed by atoms with E-state index in [-0.39, 0.29) is 5.25 Å². The van der Waals surface area contributed by atoms with Gasteiger partial charge in [0.1, 0.15) is 0 Å². The number of hydrogen-bond donors (Lipinski definition) is 0. The summed E-state index contributed by atoms with van der Waals surface area (Å²) in [7, 11) is 0. The highest BCUT2D eigenvalue weighted by molar-refractivity contribution is 7.80. The van der Waals surface area contributed by atoms with Crippen molar-refractivity contribution in [2.75, 3.05) is 6.26 Å². The molecule has 1 rings (SSSR count). The average Bonchev–Trinajstić information content (AvgIpc) is 2.38. The van der Waals surface area contributed by atoms with Crippen LogP contribution in [0, 0.1) is 0 Å². The molecule has 1 fully saturated rings. The van der Waals surface area contributed by atoms with Crippen LogP contribution in [0.2, 0.25) is 0 Å². The Morgan fingerprint density at radius 2 is 1.60 bits per heavy atom. The summed E-state index contributed by atoms with van der Waals surface area (Å²) < 4.78 is 37.5. The van der Waals surface area contributed by atoms with E-state index in [1.807, 2.05) is 0 Å². The van der Waals surface area contributed by atoms with E-state index in [2.05, 4.69) is 0 Å². The van der Waals surface area contributed by atoms with Crippen molar-refractivity contribution in [3.8, 4) is 0 Å². The van der Waals surface area contributed by atoms with E-state index >= 15 is 0 Å². The predicted octanol–water partition coefficient (Wildman–Crippen LogP) is -0.477. The third kappa shape index (κ3) is 8.22. The van der Waals surface area contributed by atoms with Crippen molar-refractivity contribution < 1.29 is 17.5 Å². The molecule has 1 aliphatic carbocycles. The maximum atomic E-state index is 9.76. The highest BCUT2D eigenvalue weighted by Crippen LogP contribution is 2.24. The van der Waals surface area contributed by atoms with Crippen LogP contribution in [0.15, 0.2) is 0 Å². The van der Waals surface area contributed by atoms with Gasteiger partial charge in [-0.15, -0.1) is 0 Å². The largest absolute Gasteiger partial charge is 0.773 e. The first-order valence-corrected chi connectivity index (χ1v) is 5.25. The number of rotatable bonds is 1. The Morgan fingerprint density at radius 1 is 1.30 bits per heavy atom. The molecule has 0 aromatic carbocycles. The van der Waals surface area contributed by atoms with Crippen LogP contribution in [0.25, 0.3) is 0 Å². The summed E-state index contributed by atoms with van der Waals surface area (Å²) in [5.41, 5.74) is 0. The maximum Gasteiger partial charge on any atom is 0.0216 e. The molecule has 0 amide bonds. The van der Waals surface area contributed by atoms with Gasteiger partial charge in [0, 0.05) is 5.25 Å². The Hall–Kier alpha value is 0.220. The van der Waals surface area contributed by atoms with Gasteiger partial charge in [0.2, 0.25) is 0 Å². The van der Waals surface area contributed by atoms with Crippen molar-refractivity contribution in [3.63, 3.8) is 0 Å². The van der Waals surface area contributed by atoms with Crippen molar-refractivity contribution >= 4 is 22.2 Å². The molecular weight excluding hydrogens is 176 g/mol. The average molecular weight is 184 g/mol. The molecule has 2 atom stereocenters. The minimum Gasteiger partial charge on any atom is -0.773 e. The fraction of sp³-hybridized carbons (Fsp3) is 1.00. The fourth-order valence-electron chi connectivity index (χ4n) is 0.260. The molecule has 1 saturated carbocycles. The summed E-state index contributed by atoms with van der Waals surface area (Å²) >= 11 is -3.62. The second-order valence-electron chi connectivity index (χ2n) is 1.86. The van der Waals surface area contributed by atoms with Gasteiger partial charge in [0.05, 0.1) is 0 Å². The highest BCUT2D eigenvalue weighted by Gasteiger charge is 2.21. The lowest BCUT2D eigenvalue weighted by molar-refractivity contribution is 0.535. The van der Waals surface area contributed by atoms with E-state index in [0.717, 1.165) is 19.1 Å². The van der Waals surface area contributed by atoms with Gasteiger partial charge in [-0.25, -0.2) is 0 Å². The van der Waals surface area contributed by atoms with Crippen LogP contribution in [0.4, 0.5) is 0 Å². The Balaban J connectivity index is 0.000000180. The molecule has 0 saturated heterocycles. The van der Waals surface area contributed by atoms with Gasteiger partial charge in [0.25, 0.3) is 0 Å². The molecule has 62 valence electrons. The molecule has 0 bridgehead atoms. The third-order valence-corrected chi connectivity index (χ3v) is 1.81. The first kappa shape index (κ1) is 10.2. The van der Waals surface area contributed by atoms with E-state index in [0.29, 0.717) is 0 Å². The first-order chi connectivity index (χ1) is 4.54. The minimum atomic E-state index is -1.86. The Kier molecular flexibility index (Phi) is 5.06. The Morgan fingerprint density at radius 3 is 1.60 bits per heavy atom. The summed E-state index contributed by atoms with van der Waals surface area (Å²) in [6.45, 7) is 0. The van der Waals surface area contributed by atoms with Crippen LogP contribution in [-0.4, -0.2) is 29.0 Å². The monoisotopic (exact) mass is 184 g/mol. The molecule has 0 heterocycles. The third-order valence-electron chi connectivity index (χ3n) is 0.797. The quantitative estimate of drug-likeness (QED) is 0.516. The van der Waals surface area contributed by atoms with Crippen molar-refractivity contribution in [1.29, 1.82) is 0 Å². The zero-order chi connectivity index (χ0) is 8.15. The maximum absolute atomic E-state index is 9.76. The molecule has 1 aliphatic rings. The number of hydrogen-bond acceptors (Lipinski definition) is 4. The summed E-state index contributed by atoms with van der Waals surface area (Å²) in [5.74, 6) is 0. The van der Waals surface area contributed by atoms with E-state index in [1.165, 1.54) is 0 Å². The summed E-state index contributed by atoms with van der Waals surface area (Å²) in [4.78, 5) is 0. The standard InChI is InChI=1S/C3H6O2S.CH4O2S/c4-6(5)3-1-2-3;1-4(2)3/h3H,1-2H2,(H,4,5);1H3,(H,2,3)/p-2. The Labute approximate surface area is 64.6 Å². The minimum absolute atomic E-state index is 0.0185. The smallest absolute Gasteiger partial charge is 0.0216 e. The topological polar surface area (TPSA) is 80.3 Å². The molecule has 0 aliphatic heterocycles. The van der Waals surface area contributed by atoms with Gasteiger partial charge >= 0.3 is 0 Å².